The van der Waals surface area contributed by atoms with Crippen molar-refractivity contribution in [2.45, 2.75) is 13.3 Å². The highest BCUT2D eigenvalue weighted by Gasteiger charge is 2.21. The predicted octanol–water partition coefficient (Wildman–Crippen LogP) is 2.12. The lowest BCUT2D eigenvalue weighted by Crippen LogP contribution is -2.34. The second-order valence-corrected chi connectivity index (χ2v) is 8.00. The van der Waals surface area contributed by atoms with Crippen LogP contribution in [0.25, 0.3) is 0 Å². The summed E-state index contributed by atoms with van der Waals surface area (Å²) in [5.74, 6) is -2.47. The van der Waals surface area contributed by atoms with Gasteiger partial charge in [0.05, 0.1) is 22.9 Å². The molecule has 0 aromatic heterocycles. The second kappa shape index (κ2) is 9.18. The minimum absolute atomic E-state index is 0.0715. The molecule has 0 aliphatic heterocycles. The maximum absolute atomic E-state index is 12.5. The van der Waals surface area contributed by atoms with Crippen LogP contribution in [0.15, 0.2) is 54.6 Å². The average molecular weight is 390 g/mol. The van der Waals surface area contributed by atoms with Crippen LogP contribution in [0.1, 0.15) is 22.8 Å². The number of para-hydroxylation sites is 1. The summed E-state index contributed by atoms with van der Waals surface area (Å²) in [5, 5.41) is 12.0. The van der Waals surface area contributed by atoms with Gasteiger partial charge in [0.15, 0.2) is 0 Å². The zero-order valence-electron chi connectivity index (χ0n) is 14.9. The number of nitrogens with one attached hydrogen (secondary N) is 2. The van der Waals surface area contributed by atoms with Crippen molar-refractivity contribution in [3.63, 3.8) is 0 Å². The number of anilines is 1. The molecule has 1 atom stereocenters. The van der Waals surface area contributed by atoms with E-state index >= 15 is 0 Å². The Morgan fingerprint density at radius 2 is 1.67 bits per heavy atom. The number of carboxylic acids is 1. The Morgan fingerprint density at radius 1 is 1.04 bits per heavy atom. The molecule has 3 N–H and O–H groups in total. The number of hydrogen-bond donors (Lipinski definition) is 3. The molecule has 1 unspecified atom stereocenters. The Bertz CT molecular complexity index is 897. The van der Waals surface area contributed by atoms with E-state index in [4.69, 9.17) is 0 Å². The predicted molar refractivity (Wildman–Crippen MR) is 103 cm³/mol. The first kappa shape index (κ1) is 20.4. The van der Waals surface area contributed by atoms with E-state index in [1.54, 1.807) is 12.1 Å². The van der Waals surface area contributed by atoms with Crippen LogP contribution in [-0.2, 0) is 21.2 Å². The second-order valence-electron chi connectivity index (χ2n) is 5.99. The quantitative estimate of drug-likeness (QED) is 0.607. The highest BCUT2D eigenvalue weighted by atomic mass is 32.2. The monoisotopic (exact) mass is 390 g/mol. The molecule has 0 aliphatic carbocycles. The Kier molecular flexibility index (Phi) is 6.95. The minimum atomic E-state index is -3.54. The van der Waals surface area contributed by atoms with E-state index in [2.05, 4.69) is 10.0 Å². The zero-order valence-corrected chi connectivity index (χ0v) is 15.7. The van der Waals surface area contributed by atoms with Crippen molar-refractivity contribution in [3.8, 4) is 0 Å². The molecule has 0 heterocycles. The van der Waals surface area contributed by atoms with Gasteiger partial charge in [0.25, 0.3) is 5.91 Å². The van der Waals surface area contributed by atoms with Gasteiger partial charge in [0.1, 0.15) is 0 Å². The van der Waals surface area contributed by atoms with Crippen molar-refractivity contribution < 1.29 is 23.1 Å². The van der Waals surface area contributed by atoms with E-state index in [9.17, 15) is 23.1 Å². The maximum atomic E-state index is 12.5. The summed E-state index contributed by atoms with van der Waals surface area (Å²) in [5.41, 5.74) is 1.15. The van der Waals surface area contributed by atoms with Gasteiger partial charge in [-0.2, -0.15) is 0 Å². The van der Waals surface area contributed by atoms with Gasteiger partial charge in [-0.25, -0.2) is 8.42 Å². The van der Waals surface area contributed by atoms with Crippen molar-refractivity contribution in [2.75, 3.05) is 17.0 Å². The number of sulfonamides is 1. The van der Waals surface area contributed by atoms with Gasteiger partial charge in [0.2, 0.25) is 10.0 Å². The van der Waals surface area contributed by atoms with E-state index in [1.165, 1.54) is 19.1 Å². The lowest BCUT2D eigenvalue weighted by atomic mass is 9.99. The van der Waals surface area contributed by atoms with E-state index in [0.29, 0.717) is 0 Å². The molecule has 0 radical (unpaired) electrons. The molecule has 0 saturated carbocycles. The van der Waals surface area contributed by atoms with Crippen LogP contribution in [0.3, 0.4) is 0 Å². The van der Waals surface area contributed by atoms with Gasteiger partial charge < -0.3 is 10.4 Å². The smallest absolute Gasteiger partial charge is 0.308 e. The fourth-order valence-corrected chi connectivity index (χ4v) is 3.12. The van der Waals surface area contributed by atoms with Crippen molar-refractivity contribution >= 4 is 27.6 Å². The number of aliphatic carboxylic acids is 1. The number of amides is 1. The largest absolute Gasteiger partial charge is 0.481 e. The molecule has 0 saturated heterocycles. The molecule has 27 heavy (non-hydrogen) atoms. The Morgan fingerprint density at radius 3 is 2.30 bits per heavy atom. The molecule has 0 spiro atoms. The summed E-state index contributed by atoms with van der Waals surface area (Å²) < 4.78 is 25.9. The Labute approximate surface area is 158 Å². The van der Waals surface area contributed by atoms with Gasteiger partial charge in [-0.15, -0.1) is 0 Å². The zero-order chi connectivity index (χ0) is 19.9. The molecular formula is C19H22N2O5S. The molecular weight excluding hydrogens is 368 g/mol. The maximum Gasteiger partial charge on any atom is 0.308 e. The third-order valence-electron chi connectivity index (χ3n) is 4.00. The van der Waals surface area contributed by atoms with Crippen LogP contribution in [0, 0.1) is 5.92 Å². The van der Waals surface area contributed by atoms with Gasteiger partial charge in [0, 0.05) is 6.54 Å². The van der Waals surface area contributed by atoms with E-state index < -0.39 is 27.8 Å². The standard InChI is InChI=1S/C19H22N2O5S/c1-2-27(25,26)21-17-11-7-6-10-16(17)18(22)20-13-15(19(23)24)12-14-8-4-3-5-9-14/h3-11,15,21H,2,12-13H2,1H3,(H,20,22)(H,23,24). The lowest BCUT2D eigenvalue weighted by Gasteiger charge is -2.15. The molecule has 1 amide bonds. The van der Waals surface area contributed by atoms with Crippen molar-refractivity contribution in [3.05, 3.63) is 65.7 Å². The number of hydrogen-bond acceptors (Lipinski definition) is 4. The number of rotatable bonds is 9. The summed E-state index contributed by atoms with van der Waals surface area (Å²) in [6, 6.07) is 15.3. The minimum Gasteiger partial charge on any atom is -0.481 e. The van der Waals surface area contributed by atoms with Crippen LogP contribution in [-0.4, -0.2) is 37.7 Å². The topological polar surface area (TPSA) is 113 Å². The summed E-state index contributed by atoms with van der Waals surface area (Å²) in [4.78, 5) is 24.0. The SMILES string of the molecule is CCS(=O)(=O)Nc1ccccc1C(=O)NCC(Cc1ccccc1)C(=O)O. The summed E-state index contributed by atoms with van der Waals surface area (Å²) in [7, 11) is -3.54. The molecule has 0 fully saturated rings. The molecule has 0 bridgehead atoms. The first-order chi connectivity index (χ1) is 12.8. The van der Waals surface area contributed by atoms with Crippen molar-refractivity contribution in [2.24, 2.45) is 5.92 Å². The van der Waals surface area contributed by atoms with Crippen LogP contribution in [0.4, 0.5) is 5.69 Å². The average Bonchev–Trinajstić information content (AvgIpc) is 2.65. The molecule has 2 rings (SSSR count). The fraction of sp³-hybridized carbons (Fsp3) is 0.263. The number of carbonyl (C=O) groups excluding carboxylic acids is 1. The molecule has 144 valence electrons. The normalized spacial score (nSPS) is 12.2. The Balaban J connectivity index is 2.09. The highest BCUT2D eigenvalue weighted by Crippen LogP contribution is 2.17. The van der Waals surface area contributed by atoms with E-state index in [-0.39, 0.29) is 30.0 Å². The fourth-order valence-electron chi connectivity index (χ4n) is 2.47. The van der Waals surface area contributed by atoms with E-state index in [0.717, 1.165) is 5.56 Å². The van der Waals surface area contributed by atoms with Crippen molar-refractivity contribution in [1.82, 2.24) is 5.32 Å². The van der Waals surface area contributed by atoms with Gasteiger partial charge in [-0.05, 0) is 31.0 Å². The van der Waals surface area contributed by atoms with Crippen LogP contribution in [0.2, 0.25) is 0 Å². The number of carboxylic acid groups (broad SMARTS) is 1. The van der Waals surface area contributed by atoms with Crippen LogP contribution < -0.4 is 10.0 Å². The van der Waals surface area contributed by atoms with Crippen molar-refractivity contribution in [1.29, 1.82) is 0 Å². The first-order valence-corrected chi connectivity index (χ1v) is 10.1. The molecule has 0 aliphatic rings. The Hall–Kier alpha value is -2.87. The summed E-state index contributed by atoms with van der Waals surface area (Å²) >= 11 is 0. The van der Waals surface area contributed by atoms with Crippen LogP contribution in [0.5, 0.6) is 0 Å². The molecule has 2 aromatic rings. The first-order valence-electron chi connectivity index (χ1n) is 8.47. The number of benzene rings is 2. The molecule has 7 nitrogen and oxygen atoms in total. The van der Waals surface area contributed by atoms with Gasteiger partial charge in [-0.1, -0.05) is 42.5 Å². The molecule has 8 heteroatoms. The molecule has 2 aromatic carbocycles. The third-order valence-corrected chi connectivity index (χ3v) is 5.29. The van der Waals surface area contributed by atoms with Gasteiger partial charge >= 0.3 is 5.97 Å². The van der Waals surface area contributed by atoms with E-state index in [1.807, 2.05) is 30.3 Å². The highest BCUT2D eigenvalue weighted by molar-refractivity contribution is 7.92. The van der Waals surface area contributed by atoms with Crippen LogP contribution >= 0.6 is 0 Å². The summed E-state index contributed by atoms with van der Waals surface area (Å²) in [6.07, 6.45) is 0.278. The van der Waals surface area contributed by atoms with Gasteiger partial charge in [-0.3, -0.25) is 14.3 Å². The number of carbonyl (C=O) groups is 2. The third kappa shape index (κ3) is 6.10. The lowest BCUT2D eigenvalue weighted by molar-refractivity contribution is -0.141. The summed E-state index contributed by atoms with van der Waals surface area (Å²) in [6.45, 7) is 1.42.